The number of para-hydroxylation sites is 3. The molecule has 0 saturated heterocycles. The number of aryl methyl sites for hydroxylation is 1. The molecule has 0 amide bonds. The van der Waals surface area contributed by atoms with Gasteiger partial charge in [-0.3, -0.25) is 4.57 Å². The van der Waals surface area contributed by atoms with E-state index in [1.165, 1.54) is 5.56 Å². The fourth-order valence-electron chi connectivity index (χ4n) is 4.70. The van der Waals surface area contributed by atoms with Crippen molar-refractivity contribution in [2.75, 3.05) is 4.90 Å². The Kier molecular flexibility index (Phi) is 5.94. The first-order chi connectivity index (χ1) is 18.7. The molecule has 4 aromatic carbocycles. The lowest BCUT2D eigenvalue weighted by atomic mass is 10.1. The third kappa shape index (κ3) is 4.00. The number of allylic oxidation sites excluding steroid dienone is 2. The Balaban J connectivity index is 1.46. The van der Waals surface area contributed by atoms with Crippen LogP contribution in [0.1, 0.15) is 5.56 Å². The molecule has 0 fully saturated rings. The standard InChI is InChI=1S/C33H26N4O/c1-4-28-30(5-2)38-31-14-10-9-13-29(31)36(28)27-21-19-25(20-22-27)33-35-34-32(24-17-15-23(3)16-18-24)37(33)26-11-7-6-8-12-26/h4-22H,1-2H2,3H3. The van der Waals surface area contributed by atoms with Crippen LogP contribution in [0, 0.1) is 6.92 Å². The third-order valence-electron chi connectivity index (χ3n) is 6.57. The molecule has 1 aliphatic rings. The molecular formula is C33H26N4O. The molecule has 0 radical (unpaired) electrons. The Morgan fingerprint density at radius 3 is 1.89 bits per heavy atom. The lowest BCUT2D eigenvalue weighted by Gasteiger charge is -2.33. The van der Waals surface area contributed by atoms with Crippen molar-refractivity contribution >= 4 is 11.4 Å². The number of ether oxygens (including phenoxy) is 1. The van der Waals surface area contributed by atoms with E-state index in [1.807, 2.05) is 42.5 Å². The molecule has 0 N–H and O–H groups in total. The molecule has 5 heteroatoms. The van der Waals surface area contributed by atoms with Crippen LogP contribution in [0.5, 0.6) is 5.75 Å². The minimum absolute atomic E-state index is 0.661. The van der Waals surface area contributed by atoms with Crippen LogP contribution in [0.4, 0.5) is 11.4 Å². The number of anilines is 2. The van der Waals surface area contributed by atoms with E-state index in [0.29, 0.717) is 5.76 Å². The maximum atomic E-state index is 6.07. The number of hydrogen-bond acceptors (Lipinski definition) is 4. The zero-order valence-electron chi connectivity index (χ0n) is 21.1. The molecule has 0 atom stereocenters. The molecule has 0 unspecified atom stereocenters. The Labute approximate surface area is 222 Å². The summed E-state index contributed by atoms with van der Waals surface area (Å²) in [6.07, 6.45) is 3.50. The summed E-state index contributed by atoms with van der Waals surface area (Å²) in [5, 5.41) is 9.25. The predicted molar refractivity (Wildman–Crippen MR) is 154 cm³/mol. The quantitative estimate of drug-likeness (QED) is 0.240. The third-order valence-corrected chi connectivity index (χ3v) is 6.57. The highest BCUT2D eigenvalue weighted by Crippen LogP contribution is 2.43. The van der Waals surface area contributed by atoms with Crippen LogP contribution in [0.2, 0.25) is 0 Å². The van der Waals surface area contributed by atoms with Gasteiger partial charge in [0.15, 0.2) is 23.2 Å². The molecule has 6 rings (SSSR count). The average molecular weight is 495 g/mol. The summed E-state index contributed by atoms with van der Waals surface area (Å²) in [5.74, 6) is 3.00. The number of hydrogen-bond donors (Lipinski definition) is 0. The molecule has 1 aromatic heterocycles. The van der Waals surface area contributed by atoms with E-state index in [9.17, 15) is 0 Å². The predicted octanol–water partition coefficient (Wildman–Crippen LogP) is 8.02. The molecule has 2 heterocycles. The van der Waals surface area contributed by atoms with Gasteiger partial charge >= 0.3 is 0 Å². The molecule has 184 valence electrons. The Morgan fingerprint density at radius 1 is 0.658 bits per heavy atom. The highest BCUT2D eigenvalue weighted by atomic mass is 16.5. The smallest absolute Gasteiger partial charge is 0.168 e. The summed E-state index contributed by atoms with van der Waals surface area (Å²) >= 11 is 0. The number of benzene rings is 4. The summed E-state index contributed by atoms with van der Waals surface area (Å²) in [6, 6.07) is 34.8. The van der Waals surface area contributed by atoms with Crippen molar-refractivity contribution in [1.29, 1.82) is 0 Å². The van der Waals surface area contributed by atoms with E-state index in [-0.39, 0.29) is 0 Å². The van der Waals surface area contributed by atoms with Crippen LogP contribution < -0.4 is 9.64 Å². The summed E-state index contributed by atoms with van der Waals surface area (Å²) in [7, 11) is 0. The van der Waals surface area contributed by atoms with Crippen molar-refractivity contribution in [2.24, 2.45) is 0 Å². The summed E-state index contributed by atoms with van der Waals surface area (Å²) in [6.45, 7) is 10.0. The molecule has 0 bridgehead atoms. The second-order valence-corrected chi connectivity index (χ2v) is 8.99. The first kappa shape index (κ1) is 23.3. The van der Waals surface area contributed by atoms with Crippen LogP contribution in [-0.2, 0) is 0 Å². The fraction of sp³-hybridized carbons (Fsp3) is 0.0303. The van der Waals surface area contributed by atoms with Crippen LogP contribution in [-0.4, -0.2) is 14.8 Å². The van der Waals surface area contributed by atoms with Gasteiger partial charge in [-0.05, 0) is 67.6 Å². The Morgan fingerprint density at radius 2 is 1.26 bits per heavy atom. The van der Waals surface area contributed by atoms with Crippen molar-refractivity contribution in [3.63, 3.8) is 0 Å². The summed E-state index contributed by atoms with van der Waals surface area (Å²) in [5.41, 5.74) is 6.92. The number of rotatable bonds is 6. The molecule has 38 heavy (non-hydrogen) atoms. The van der Waals surface area contributed by atoms with Gasteiger partial charge in [-0.1, -0.05) is 73.3 Å². The molecule has 0 aliphatic carbocycles. The van der Waals surface area contributed by atoms with Crippen molar-refractivity contribution in [1.82, 2.24) is 14.8 Å². The summed E-state index contributed by atoms with van der Waals surface area (Å²) in [4.78, 5) is 2.13. The van der Waals surface area contributed by atoms with Crippen molar-refractivity contribution in [3.8, 4) is 34.2 Å². The Hall–Kier alpha value is -5.16. The van der Waals surface area contributed by atoms with Crippen molar-refractivity contribution < 1.29 is 4.74 Å². The molecule has 5 nitrogen and oxygen atoms in total. The van der Waals surface area contributed by atoms with Crippen LogP contribution >= 0.6 is 0 Å². The van der Waals surface area contributed by atoms with Crippen molar-refractivity contribution in [2.45, 2.75) is 6.92 Å². The first-order valence-electron chi connectivity index (χ1n) is 12.4. The van der Waals surface area contributed by atoms with E-state index in [1.54, 1.807) is 12.2 Å². The normalized spacial score (nSPS) is 12.6. The van der Waals surface area contributed by atoms with E-state index >= 15 is 0 Å². The van der Waals surface area contributed by atoms with E-state index < -0.39 is 0 Å². The van der Waals surface area contributed by atoms with E-state index in [2.05, 4.69) is 100 Å². The van der Waals surface area contributed by atoms with E-state index in [0.717, 1.165) is 51.3 Å². The van der Waals surface area contributed by atoms with Crippen LogP contribution in [0.15, 0.2) is 140 Å². The topological polar surface area (TPSA) is 43.2 Å². The minimum atomic E-state index is 0.661. The first-order valence-corrected chi connectivity index (χ1v) is 12.4. The summed E-state index contributed by atoms with van der Waals surface area (Å²) < 4.78 is 8.18. The fourth-order valence-corrected chi connectivity index (χ4v) is 4.70. The average Bonchev–Trinajstić information content (AvgIpc) is 3.42. The Bertz CT molecular complexity index is 1660. The molecule has 5 aromatic rings. The zero-order valence-corrected chi connectivity index (χ0v) is 21.1. The van der Waals surface area contributed by atoms with Gasteiger partial charge in [-0.2, -0.15) is 0 Å². The minimum Gasteiger partial charge on any atom is -0.453 e. The van der Waals surface area contributed by atoms with Crippen molar-refractivity contribution in [3.05, 3.63) is 145 Å². The largest absolute Gasteiger partial charge is 0.453 e. The second kappa shape index (κ2) is 9.71. The zero-order chi connectivity index (χ0) is 26.1. The van der Waals surface area contributed by atoms with Gasteiger partial charge in [0.05, 0.1) is 11.4 Å². The maximum absolute atomic E-state index is 6.07. The molecule has 0 spiro atoms. The van der Waals surface area contributed by atoms with Crippen LogP contribution in [0.25, 0.3) is 28.5 Å². The second-order valence-electron chi connectivity index (χ2n) is 8.99. The van der Waals surface area contributed by atoms with Gasteiger partial charge < -0.3 is 9.64 Å². The lowest BCUT2D eigenvalue weighted by Crippen LogP contribution is -2.22. The highest BCUT2D eigenvalue weighted by molar-refractivity contribution is 5.79. The number of nitrogens with zero attached hydrogens (tertiary/aromatic N) is 4. The van der Waals surface area contributed by atoms with Gasteiger partial charge in [0.1, 0.15) is 0 Å². The lowest BCUT2D eigenvalue weighted by molar-refractivity contribution is 0.431. The van der Waals surface area contributed by atoms with Gasteiger partial charge in [-0.15, -0.1) is 10.2 Å². The van der Waals surface area contributed by atoms with E-state index in [4.69, 9.17) is 4.74 Å². The van der Waals surface area contributed by atoms with Gasteiger partial charge in [0, 0.05) is 22.5 Å². The van der Waals surface area contributed by atoms with Gasteiger partial charge in [0.25, 0.3) is 0 Å². The van der Waals surface area contributed by atoms with Gasteiger partial charge in [0.2, 0.25) is 0 Å². The SMILES string of the molecule is C=CC1=C(C=C)N(c2ccc(-c3nnc(-c4ccc(C)cc4)n3-c3ccccc3)cc2)c2ccccc2O1. The van der Waals surface area contributed by atoms with Crippen LogP contribution in [0.3, 0.4) is 0 Å². The number of fused-ring (bicyclic) bond motifs is 1. The van der Waals surface area contributed by atoms with Gasteiger partial charge in [-0.25, -0.2) is 0 Å². The monoisotopic (exact) mass is 494 g/mol. The maximum Gasteiger partial charge on any atom is 0.168 e. The molecular weight excluding hydrogens is 468 g/mol. The molecule has 1 aliphatic heterocycles. The molecule has 0 saturated carbocycles. The number of aromatic nitrogens is 3. The highest BCUT2D eigenvalue weighted by Gasteiger charge is 2.25.